The quantitative estimate of drug-likeness (QED) is 0.135. The lowest BCUT2D eigenvalue weighted by molar-refractivity contribution is 0.0686. The first-order valence-corrected chi connectivity index (χ1v) is 17.2. The third kappa shape index (κ3) is 6.03. The van der Waals surface area contributed by atoms with Crippen LogP contribution < -0.4 is 0 Å². The molecule has 10 nitrogen and oxygen atoms in total. The molecule has 0 saturated heterocycles. The van der Waals surface area contributed by atoms with E-state index in [9.17, 15) is 29.7 Å². The number of carbonyl (C=O) groups is 3. The molecular weight excluding hydrogens is 693 g/mol. The topological polar surface area (TPSA) is 163 Å². The Morgan fingerprint density at radius 3 is 0.873 bits per heavy atom. The Hall–Kier alpha value is -7.85. The van der Waals surface area contributed by atoms with Crippen molar-refractivity contribution in [2.45, 2.75) is 0 Å². The molecular formula is C45H26N4O6. The van der Waals surface area contributed by atoms with Crippen LogP contribution in [0.15, 0.2) is 140 Å². The summed E-state index contributed by atoms with van der Waals surface area (Å²) in [5.41, 5.74) is 8.12. The molecule has 0 fully saturated rings. The molecule has 262 valence electrons. The summed E-state index contributed by atoms with van der Waals surface area (Å²) in [6.45, 7) is 0. The molecule has 9 aromatic rings. The molecule has 0 spiro atoms. The normalized spacial score (nSPS) is 11.3. The van der Waals surface area contributed by atoms with Crippen LogP contribution in [0.4, 0.5) is 0 Å². The van der Waals surface area contributed by atoms with Gasteiger partial charge in [-0.05, 0) is 66.7 Å². The molecule has 9 rings (SSSR count). The zero-order chi connectivity index (χ0) is 37.8. The smallest absolute Gasteiger partial charge is 0.335 e. The lowest BCUT2D eigenvalue weighted by Crippen LogP contribution is -1.99. The highest BCUT2D eigenvalue weighted by Gasteiger charge is 2.16. The van der Waals surface area contributed by atoms with Gasteiger partial charge in [-0.3, -0.25) is 0 Å². The van der Waals surface area contributed by atoms with Crippen molar-refractivity contribution in [2.24, 2.45) is 0 Å². The third-order valence-electron chi connectivity index (χ3n) is 9.67. The molecule has 5 aromatic carbocycles. The van der Waals surface area contributed by atoms with E-state index in [2.05, 4.69) is 0 Å². The van der Waals surface area contributed by atoms with Gasteiger partial charge in [-0.15, -0.1) is 0 Å². The predicted molar refractivity (Wildman–Crippen MR) is 210 cm³/mol. The molecule has 0 aliphatic carbocycles. The number of hydrogen-bond acceptors (Lipinski definition) is 7. The highest BCUT2D eigenvalue weighted by molar-refractivity contribution is 6.06. The van der Waals surface area contributed by atoms with E-state index in [-0.39, 0.29) is 16.7 Å². The van der Waals surface area contributed by atoms with Crippen LogP contribution in [-0.4, -0.2) is 53.2 Å². The van der Waals surface area contributed by atoms with Crippen LogP contribution >= 0.6 is 0 Å². The summed E-state index contributed by atoms with van der Waals surface area (Å²) in [4.78, 5) is 55.2. The van der Waals surface area contributed by atoms with Crippen molar-refractivity contribution in [1.82, 2.24) is 19.9 Å². The van der Waals surface area contributed by atoms with Gasteiger partial charge in [0.05, 0.1) is 61.5 Å². The third-order valence-corrected chi connectivity index (χ3v) is 9.67. The molecule has 0 atom stereocenters. The molecule has 4 aromatic heterocycles. The van der Waals surface area contributed by atoms with Crippen molar-refractivity contribution in [3.05, 3.63) is 156 Å². The van der Waals surface area contributed by atoms with E-state index in [1.54, 1.807) is 60.7 Å². The molecule has 3 N–H and O–H groups in total. The van der Waals surface area contributed by atoms with Crippen LogP contribution in [0, 0.1) is 0 Å². The van der Waals surface area contributed by atoms with Gasteiger partial charge in [0.2, 0.25) is 0 Å². The highest BCUT2D eigenvalue weighted by Crippen LogP contribution is 2.33. The Labute approximate surface area is 311 Å². The lowest BCUT2D eigenvalue weighted by atomic mass is 9.99. The number of aromatic nitrogens is 4. The van der Waals surface area contributed by atoms with Crippen molar-refractivity contribution >= 4 is 61.5 Å². The first-order chi connectivity index (χ1) is 26.7. The minimum Gasteiger partial charge on any atom is -0.478 e. The number of rotatable bonds is 7. The maximum atomic E-state index is 12.5. The monoisotopic (exact) mass is 718 g/mol. The van der Waals surface area contributed by atoms with Crippen LogP contribution in [0.3, 0.4) is 0 Å². The van der Waals surface area contributed by atoms with Crippen molar-refractivity contribution < 1.29 is 29.7 Å². The van der Waals surface area contributed by atoms with Gasteiger partial charge >= 0.3 is 17.9 Å². The number of pyridine rings is 4. The van der Waals surface area contributed by atoms with Crippen LogP contribution in [-0.2, 0) is 0 Å². The van der Waals surface area contributed by atoms with Gasteiger partial charge in [0.15, 0.2) is 0 Å². The van der Waals surface area contributed by atoms with E-state index in [1.807, 2.05) is 78.9 Å². The second kappa shape index (κ2) is 13.0. The number of nitrogens with zero attached hydrogens (tertiary/aromatic N) is 4. The average Bonchev–Trinajstić information content (AvgIpc) is 3.22. The molecule has 0 aliphatic rings. The maximum absolute atomic E-state index is 12.5. The zero-order valence-corrected chi connectivity index (χ0v) is 28.6. The van der Waals surface area contributed by atoms with Gasteiger partial charge < -0.3 is 15.3 Å². The van der Waals surface area contributed by atoms with Crippen molar-refractivity contribution in [1.29, 1.82) is 0 Å². The molecule has 10 heteroatoms. The molecule has 0 aliphatic heterocycles. The van der Waals surface area contributed by atoms with E-state index >= 15 is 0 Å². The number of benzene rings is 5. The van der Waals surface area contributed by atoms with Crippen molar-refractivity contribution in [3.63, 3.8) is 0 Å². The standard InChI is InChI=1S/C45H26N4O6/c50-43(51)30-9-1-24(2-10-30)35-17-13-26-5-7-28-15-19-37(48-41(28)39(26)46-35)32-21-33(23-34(22-32)45(54)55)38-20-16-29-8-6-27-14-18-36(47-40(27)42(29)49-38)25-3-11-31(12-4-25)44(52)53/h1-23H,(H,50,51)(H,52,53)(H,54,55). The summed E-state index contributed by atoms with van der Waals surface area (Å²) in [7, 11) is 0. The van der Waals surface area contributed by atoms with Crippen LogP contribution in [0.1, 0.15) is 31.1 Å². The average molecular weight is 719 g/mol. The molecule has 4 heterocycles. The molecule has 55 heavy (non-hydrogen) atoms. The van der Waals surface area contributed by atoms with Crippen LogP contribution in [0.25, 0.3) is 88.6 Å². The zero-order valence-electron chi connectivity index (χ0n) is 28.6. The molecule has 0 bridgehead atoms. The second-order valence-electron chi connectivity index (χ2n) is 13.1. The molecule has 0 unspecified atom stereocenters. The molecule has 0 radical (unpaired) electrons. The summed E-state index contributed by atoms with van der Waals surface area (Å²) >= 11 is 0. The Balaban J connectivity index is 1.15. The Morgan fingerprint density at radius 1 is 0.309 bits per heavy atom. The number of carboxylic acids is 3. The first-order valence-electron chi connectivity index (χ1n) is 17.2. The predicted octanol–water partition coefficient (Wildman–Crippen LogP) is 9.64. The largest absolute Gasteiger partial charge is 0.478 e. The summed E-state index contributed by atoms with van der Waals surface area (Å²) in [5, 5.41) is 32.3. The number of fused-ring (bicyclic) bond motifs is 6. The Kier molecular flexibility index (Phi) is 7.79. The van der Waals surface area contributed by atoms with Gasteiger partial charge in [-0.25, -0.2) is 34.3 Å². The fourth-order valence-corrected chi connectivity index (χ4v) is 6.79. The number of aromatic carboxylic acids is 3. The highest BCUT2D eigenvalue weighted by atomic mass is 16.4. The number of carboxylic acid groups (broad SMARTS) is 3. The Morgan fingerprint density at radius 2 is 0.582 bits per heavy atom. The summed E-state index contributed by atoms with van der Waals surface area (Å²) in [6, 6.07) is 41.2. The Bertz CT molecular complexity index is 2870. The molecule has 0 saturated carbocycles. The summed E-state index contributed by atoms with van der Waals surface area (Å²) in [6.07, 6.45) is 0. The van der Waals surface area contributed by atoms with E-state index in [0.29, 0.717) is 56.0 Å². The van der Waals surface area contributed by atoms with E-state index in [0.717, 1.165) is 32.7 Å². The maximum Gasteiger partial charge on any atom is 0.335 e. The minimum absolute atomic E-state index is 0.0718. The fourth-order valence-electron chi connectivity index (χ4n) is 6.79. The van der Waals surface area contributed by atoms with E-state index in [1.165, 1.54) is 0 Å². The van der Waals surface area contributed by atoms with Crippen LogP contribution in [0.2, 0.25) is 0 Å². The van der Waals surface area contributed by atoms with E-state index in [4.69, 9.17) is 19.9 Å². The van der Waals surface area contributed by atoms with Crippen molar-refractivity contribution in [3.8, 4) is 45.0 Å². The fraction of sp³-hybridized carbons (Fsp3) is 0. The van der Waals surface area contributed by atoms with Gasteiger partial charge in [-0.1, -0.05) is 72.8 Å². The summed E-state index contributed by atoms with van der Waals surface area (Å²) in [5.74, 6) is -3.10. The summed E-state index contributed by atoms with van der Waals surface area (Å²) < 4.78 is 0. The SMILES string of the molecule is O=C(O)c1ccc(-c2ccc3ccc4ccc(-c5cc(C(=O)O)cc(-c6ccc7ccc8ccc(-c9ccc(C(=O)O)cc9)nc8c7n6)c5)nc4c3n2)cc1. The number of hydrogen-bond donors (Lipinski definition) is 3. The van der Waals surface area contributed by atoms with Crippen LogP contribution in [0.5, 0.6) is 0 Å². The van der Waals surface area contributed by atoms with Gasteiger partial charge in [0.1, 0.15) is 0 Å². The first kappa shape index (κ1) is 33.0. The van der Waals surface area contributed by atoms with Gasteiger partial charge in [-0.2, -0.15) is 0 Å². The molecule has 0 amide bonds. The van der Waals surface area contributed by atoms with Gasteiger partial charge in [0.25, 0.3) is 0 Å². The van der Waals surface area contributed by atoms with Gasteiger partial charge in [0, 0.05) is 43.8 Å². The lowest BCUT2D eigenvalue weighted by Gasteiger charge is -2.11. The van der Waals surface area contributed by atoms with E-state index < -0.39 is 17.9 Å². The second-order valence-corrected chi connectivity index (χ2v) is 13.1. The minimum atomic E-state index is -1.10. The van der Waals surface area contributed by atoms with Crippen molar-refractivity contribution in [2.75, 3.05) is 0 Å².